The summed E-state index contributed by atoms with van der Waals surface area (Å²) >= 11 is 9.34. The Morgan fingerprint density at radius 1 is 1.40 bits per heavy atom. The average Bonchev–Trinajstić information content (AvgIpc) is 2.20. The number of nitriles is 1. The van der Waals surface area contributed by atoms with E-state index in [1.165, 1.54) is 0 Å². The summed E-state index contributed by atoms with van der Waals surface area (Å²) in [4.78, 5) is 4.23. The van der Waals surface area contributed by atoms with E-state index in [9.17, 15) is 0 Å². The van der Waals surface area contributed by atoms with E-state index in [-0.39, 0.29) is 6.42 Å². The lowest BCUT2D eigenvalue weighted by atomic mass is 10.1. The molecule has 1 aromatic carbocycles. The SMILES string of the molecule is N#CCc1cc2cc(Br)ccc2nc1Cl. The first-order valence-electron chi connectivity index (χ1n) is 4.32. The molecule has 0 bridgehead atoms. The quantitative estimate of drug-likeness (QED) is 0.747. The first kappa shape index (κ1) is 10.4. The van der Waals surface area contributed by atoms with E-state index < -0.39 is 0 Å². The summed E-state index contributed by atoms with van der Waals surface area (Å²) in [5.74, 6) is 0. The van der Waals surface area contributed by atoms with Crippen molar-refractivity contribution in [1.82, 2.24) is 4.98 Å². The molecular weight excluding hydrogens is 275 g/mol. The van der Waals surface area contributed by atoms with E-state index in [2.05, 4.69) is 27.0 Å². The van der Waals surface area contributed by atoms with Crippen LogP contribution in [0.2, 0.25) is 5.15 Å². The van der Waals surface area contributed by atoms with Crippen molar-refractivity contribution in [2.75, 3.05) is 0 Å². The van der Waals surface area contributed by atoms with Crippen molar-refractivity contribution in [2.45, 2.75) is 6.42 Å². The van der Waals surface area contributed by atoms with Gasteiger partial charge in [-0.2, -0.15) is 5.26 Å². The van der Waals surface area contributed by atoms with Crippen LogP contribution in [-0.4, -0.2) is 4.98 Å². The second-order valence-corrected chi connectivity index (χ2v) is 4.38. The number of pyridine rings is 1. The van der Waals surface area contributed by atoms with Crippen LogP contribution in [0.25, 0.3) is 10.9 Å². The number of fused-ring (bicyclic) bond motifs is 1. The molecule has 0 unspecified atom stereocenters. The Kier molecular flexibility index (Phi) is 2.90. The molecule has 0 aliphatic heterocycles. The Morgan fingerprint density at radius 3 is 2.93 bits per heavy atom. The number of hydrogen-bond donors (Lipinski definition) is 0. The van der Waals surface area contributed by atoms with Crippen molar-refractivity contribution in [3.63, 3.8) is 0 Å². The van der Waals surface area contributed by atoms with Gasteiger partial charge in [0.2, 0.25) is 0 Å². The maximum atomic E-state index is 8.63. The first-order valence-corrected chi connectivity index (χ1v) is 5.49. The van der Waals surface area contributed by atoms with Crippen LogP contribution in [0.3, 0.4) is 0 Å². The molecule has 74 valence electrons. The molecule has 15 heavy (non-hydrogen) atoms. The molecule has 0 atom stereocenters. The van der Waals surface area contributed by atoms with Gasteiger partial charge in [-0.05, 0) is 24.3 Å². The summed E-state index contributed by atoms with van der Waals surface area (Å²) in [7, 11) is 0. The molecule has 0 aliphatic rings. The Morgan fingerprint density at radius 2 is 2.20 bits per heavy atom. The molecule has 0 saturated heterocycles. The zero-order valence-corrected chi connectivity index (χ0v) is 10.0. The minimum absolute atomic E-state index is 0.286. The van der Waals surface area contributed by atoms with Gasteiger partial charge in [-0.25, -0.2) is 4.98 Å². The maximum Gasteiger partial charge on any atom is 0.134 e. The number of hydrogen-bond acceptors (Lipinski definition) is 2. The molecule has 0 radical (unpaired) electrons. The Bertz CT molecular complexity index is 560. The highest BCUT2D eigenvalue weighted by atomic mass is 79.9. The van der Waals surface area contributed by atoms with Gasteiger partial charge < -0.3 is 0 Å². The van der Waals surface area contributed by atoms with Crippen LogP contribution in [0, 0.1) is 11.3 Å². The third-order valence-corrected chi connectivity index (χ3v) is 2.89. The molecule has 2 rings (SSSR count). The maximum absolute atomic E-state index is 8.63. The van der Waals surface area contributed by atoms with E-state index in [0.29, 0.717) is 5.15 Å². The number of aromatic nitrogens is 1. The summed E-state index contributed by atoms with van der Waals surface area (Å²) in [5, 5.41) is 10.0. The van der Waals surface area contributed by atoms with Crippen molar-refractivity contribution < 1.29 is 0 Å². The molecule has 0 spiro atoms. The van der Waals surface area contributed by atoms with Gasteiger partial charge in [0, 0.05) is 15.4 Å². The summed E-state index contributed by atoms with van der Waals surface area (Å²) in [6.07, 6.45) is 0.286. The molecule has 2 aromatic rings. The third kappa shape index (κ3) is 2.11. The lowest BCUT2D eigenvalue weighted by Crippen LogP contribution is -1.89. The molecule has 0 fully saturated rings. The molecule has 0 saturated carbocycles. The van der Waals surface area contributed by atoms with Gasteiger partial charge in [0.15, 0.2) is 0 Å². The fourth-order valence-electron chi connectivity index (χ4n) is 1.38. The van der Waals surface area contributed by atoms with Crippen LogP contribution in [-0.2, 0) is 6.42 Å². The Labute approximate surface area is 101 Å². The summed E-state index contributed by atoms with van der Waals surface area (Å²) in [5.41, 5.74) is 1.61. The molecular formula is C11H6BrClN2. The second-order valence-electron chi connectivity index (χ2n) is 3.11. The highest BCUT2D eigenvalue weighted by molar-refractivity contribution is 9.10. The zero-order valence-electron chi connectivity index (χ0n) is 7.67. The van der Waals surface area contributed by atoms with Gasteiger partial charge in [-0.1, -0.05) is 27.5 Å². The zero-order chi connectivity index (χ0) is 10.8. The van der Waals surface area contributed by atoms with Gasteiger partial charge in [-0.15, -0.1) is 0 Å². The predicted octanol–water partition coefficient (Wildman–Crippen LogP) is 3.72. The fraction of sp³-hybridized carbons (Fsp3) is 0.0909. The summed E-state index contributed by atoms with van der Waals surface area (Å²) < 4.78 is 0.988. The molecule has 1 aromatic heterocycles. The van der Waals surface area contributed by atoms with Gasteiger partial charge >= 0.3 is 0 Å². The fourth-order valence-corrected chi connectivity index (χ4v) is 1.97. The Hall–Kier alpha value is -1.11. The molecule has 0 amide bonds. The monoisotopic (exact) mass is 280 g/mol. The highest BCUT2D eigenvalue weighted by Crippen LogP contribution is 2.23. The van der Waals surface area contributed by atoms with Crippen LogP contribution in [0.15, 0.2) is 28.7 Å². The van der Waals surface area contributed by atoms with E-state index in [1.807, 2.05) is 24.3 Å². The van der Waals surface area contributed by atoms with Crippen molar-refractivity contribution in [3.05, 3.63) is 39.5 Å². The average molecular weight is 282 g/mol. The molecule has 0 N–H and O–H groups in total. The minimum atomic E-state index is 0.286. The van der Waals surface area contributed by atoms with E-state index >= 15 is 0 Å². The summed E-state index contributed by atoms with van der Waals surface area (Å²) in [6, 6.07) is 9.73. The number of nitrogens with zero attached hydrogens (tertiary/aromatic N) is 2. The van der Waals surface area contributed by atoms with Crippen LogP contribution < -0.4 is 0 Å². The van der Waals surface area contributed by atoms with E-state index in [1.54, 1.807) is 0 Å². The highest BCUT2D eigenvalue weighted by Gasteiger charge is 2.04. The topological polar surface area (TPSA) is 36.7 Å². The summed E-state index contributed by atoms with van der Waals surface area (Å²) in [6.45, 7) is 0. The Balaban J connectivity index is 2.67. The molecule has 4 heteroatoms. The normalized spacial score (nSPS) is 10.2. The van der Waals surface area contributed by atoms with E-state index in [4.69, 9.17) is 16.9 Å². The predicted molar refractivity (Wildman–Crippen MR) is 63.8 cm³/mol. The smallest absolute Gasteiger partial charge is 0.134 e. The van der Waals surface area contributed by atoms with Gasteiger partial charge in [0.25, 0.3) is 0 Å². The van der Waals surface area contributed by atoms with Gasteiger partial charge in [-0.3, -0.25) is 0 Å². The van der Waals surface area contributed by atoms with Gasteiger partial charge in [0.1, 0.15) is 5.15 Å². The van der Waals surface area contributed by atoms with Crippen LogP contribution in [0.4, 0.5) is 0 Å². The number of rotatable bonds is 1. The van der Waals surface area contributed by atoms with Crippen molar-refractivity contribution >= 4 is 38.4 Å². The van der Waals surface area contributed by atoms with Crippen molar-refractivity contribution in [1.29, 1.82) is 5.26 Å². The van der Waals surface area contributed by atoms with Crippen molar-refractivity contribution in [3.8, 4) is 6.07 Å². The second kappa shape index (κ2) is 4.18. The van der Waals surface area contributed by atoms with Crippen molar-refractivity contribution in [2.24, 2.45) is 0 Å². The number of benzene rings is 1. The van der Waals surface area contributed by atoms with E-state index in [0.717, 1.165) is 20.9 Å². The molecule has 1 heterocycles. The van der Waals surface area contributed by atoms with Crippen LogP contribution >= 0.6 is 27.5 Å². The third-order valence-electron chi connectivity index (χ3n) is 2.07. The van der Waals surface area contributed by atoms with Crippen LogP contribution in [0.1, 0.15) is 5.56 Å². The first-order chi connectivity index (χ1) is 7.20. The van der Waals surface area contributed by atoms with Crippen LogP contribution in [0.5, 0.6) is 0 Å². The standard InChI is InChI=1S/C11H6BrClN2/c12-9-1-2-10-8(6-9)5-7(3-4-14)11(13)15-10/h1-2,5-6H,3H2. The minimum Gasteiger partial charge on any atom is -0.236 e. The largest absolute Gasteiger partial charge is 0.236 e. The molecule has 0 aliphatic carbocycles. The number of halogens is 2. The lowest BCUT2D eigenvalue weighted by molar-refractivity contribution is 1.22. The molecule has 2 nitrogen and oxygen atoms in total. The lowest BCUT2D eigenvalue weighted by Gasteiger charge is -2.02. The van der Waals surface area contributed by atoms with Gasteiger partial charge in [0.05, 0.1) is 18.0 Å².